The molecule has 0 aromatic carbocycles. The maximum Gasteiger partial charge on any atom is 0.318 e. The molecule has 0 spiro atoms. The summed E-state index contributed by atoms with van der Waals surface area (Å²) >= 11 is 0. The Morgan fingerprint density at radius 3 is 2.60 bits per heavy atom. The van der Waals surface area contributed by atoms with Crippen LogP contribution in [0, 0.1) is 5.41 Å². The molecule has 1 rings (SSSR count). The van der Waals surface area contributed by atoms with Crippen molar-refractivity contribution in [2.45, 2.75) is 39.3 Å². The standard InChI is InChI=1S/C13H24N2O5/c1-13(2,3)10(6-11(17)18)14-12(19)15-4-5-20-8-9(15)7-16/h9-10,16H,4-8H2,1-3H3,(H,14,19)(H,17,18). The number of nitrogens with zero attached hydrogens (tertiary/aromatic N) is 1. The molecule has 1 aliphatic rings. The van der Waals surface area contributed by atoms with Crippen LogP contribution in [0.4, 0.5) is 4.79 Å². The normalized spacial score (nSPS) is 21.4. The van der Waals surface area contributed by atoms with Crippen molar-refractivity contribution in [2.24, 2.45) is 5.41 Å². The Balaban J connectivity index is 2.71. The van der Waals surface area contributed by atoms with Crippen LogP contribution in [0.1, 0.15) is 27.2 Å². The molecule has 7 nitrogen and oxygen atoms in total. The van der Waals surface area contributed by atoms with Gasteiger partial charge in [-0.1, -0.05) is 20.8 Å². The second-order valence-electron chi connectivity index (χ2n) is 6.07. The summed E-state index contributed by atoms with van der Waals surface area (Å²) in [5.74, 6) is -0.953. The average molecular weight is 288 g/mol. The van der Waals surface area contributed by atoms with Gasteiger partial charge in [0.25, 0.3) is 0 Å². The van der Waals surface area contributed by atoms with Gasteiger partial charge in [0, 0.05) is 12.6 Å². The summed E-state index contributed by atoms with van der Waals surface area (Å²) in [6.45, 7) is 6.57. The minimum absolute atomic E-state index is 0.136. The number of carbonyl (C=O) groups excluding carboxylic acids is 1. The van der Waals surface area contributed by atoms with Gasteiger partial charge in [-0.15, -0.1) is 0 Å². The third kappa shape index (κ3) is 4.64. The number of rotatable bonds is 4. The van der Waals surface area contributed by atoms with E-state index in [1.165, 1.54) is 4.90 Å². The predicted octanol–water partition coefficient (Wildman–Crippen LogP) is 0.279. The maximum absolute atomic E-state index is 12.3. The molecular weight excluding hydrogens is 264 g/mol. The number of aliphatic carboxylic acids is 1. The highest BCUT2D eigenvalue weighted by Gasteiger charge is 2.32. The van der Waals surface area contributed by atoms with E-state index in [2.05, 4.69) is 5.32 Å². The summed E-state index contributed by atoms with van der Waals surface area (Å²) in [4.78, 5) is 24.7. The number of amides is 2. The average Bonchev–Trinajstić information content (AvgIpc) is 2.36. The van der Waals surface area contributed by atoms with Gasteiger partial charge >= 0.3 is 12.0 Å². The van der Waals surface area contributed by atoms with Crippen LogP contribution in [0.2, 0.25) is 0 Å². The topological polar surface area (TPSA) is 99.1 Å². The first-order valence-electron chi connectivity index (χ1n) is 6.73. The summed E-state index contributed by atoms with van der Waals surface area (Å²) in [5, 5.41) is 21.0. The molecule has 1 heterocycles. The zero-order valence-electron chi connectivity index (χ0n) is 12.3. The fraction of sp³-hybridized carbons (Fsp3) is 0.846. The predicted molar refractivity (Wildman–Crippen MR) is 72.4 cm³/mol. The highest BCUT2D eigenvalue weighted by molar-refractivity contribution is 5.76. The van der Waals surface area contributed by atoms with Crippen LogP contribution in [0.3, 0.4) is 0 Å². The summed E-state index contributed by atoms with van der Waals surface area (Å²) in [6.07, 6.45) is -0.136. The van der Waals surface area contributed by atoms with Crippen molar-refractivity contribution in [2.75, 3.05) is 26.4 Å². The first kappa shape index (κ1) is 16.7. The number of aliphatic hydroxyl groups is 1. The molecule has 1 saturated heterocycles. The lowest BCUT2D eigenvalue weighted by atomic mass is 9.85. The summed E-state index contributed by atoms with van der Waals surface area (Å²) in [7, 11) is 0. The quantitative estimate of drug-likeness (QED) is 0.690. The Hall–Kier alpha value is -1.34. The molecule has 2 amide bonds. The molecule has 0 radical (unpaired) electrons. The highest BCUT2D eigenvalue weighted by atomic mass is 16.5. The molecule has 0 aromatic heterocycles. The van der Waals surface area contributed by atoms with Crippen LogP contribution >= 0.6 is 0 Å². The number of hydrogen-bond acceptors (Lipinski definition) is 4. The van der Waals surface area contributed by atoms with E-state index in [0.717, 1.165) is 0 Å². The van der Waals surface area contributed by atoms with E-state index in [1.54, 1.807) is 0 Å². The third-order valence-electron chi connectivity index (χ3n) is 3.42. The van der Waals surface area contributed by atoms with Crippen molar-refractivity contribution in [1.29, 1.82) is 0 Å². The number of carboxylic acids is 1. The van der Waals surface area contributed by atoms with Gasteiger partial charge < -0.3 is 25.2 Å². The van der Waals surface area contributed by atoms with Crippen molar-refractivity contribution >= 4 is 12.0 Å². The maximum atomic E-state index is 12.3. The Bertz CT molecular complexity index is 353. The Morgan fingerprint density at radius 2 is 2.10 bits per heavy atom. The number of hydrogen-bond donors (Lipinski definition) is 3. The molecule has 2 unspecified atom stereocenters. The Morgan fingerprint density at radius 1 is 1.45 bits per heavy atom. The van der Waals surface area contributed by atoms with Crippen LogP contribution in [0.25, 0.3) is 0 Å². The molecule has 20 heavy (non-hydrogen) atoms. The molecule has 0 aromatic rings. The van der Waals surface area contributed by atoms with E-state index in [9.17, 15) is 14.7 Å². The summed E-state index contributed by atoms with van der Waals surface area (Å²) < 4.78 is 5.21. The first-order valence-corrected chi connectivity index (χ1v) is 6.73. The molecule has 0 saturated carbocycles. The molecule has 2 atom stereocenters. The zero-order chi connectivity index (χ0) is 15.3. The number of carbonyl (C=O) groups is 2. The number of aliphatic hydroxyl groups excluding tert-OH is 1. The largest absolute Gasteiger partial charge is 0.481 e. The first-order chi connectivity index (χ1) is 9.25. The zero-order valence-corrected chi connectivity index (χ0v) is 12.3. The van der Waals surface area contributed by atoms with Gasteiger partial charge in [0.1, 0.15) is 0 Å². The van der Waals surface area contributed by atoms with Crippen molar-refractivity contribution in [1.82, 2.24) is 10.2 Å². The smallest absolute Gasteiger partial charge is 0.318 e. The lowest BCUT2D eigenvalue weighted by molar-refractivity contribution is -0.138. The molecule has 116 valence electrons. The lowest BCUT2D eigenvalue weighted by Gasteiger charge is -2.37. The molecular formula is C13H24N2O5. The molecule has 0 bridgehead atoms. The number of ether oxygens (including phenoxy) is 1. The minimum Gasteiger partial charge on any atom is -0.481 e. The van der Waals surface area contributed by atoms with E-state index >= 15 is 0 Å². The molecule has 3 N–H and O–H groups in total. The van der Waals surface area contributed by atoms with Gasteiger partial charge in [-0.25, -0.2) is 4.79 Å². The van der Waals surface area contributed by atoms with E-state index in [-0.39, 0.29) is 30.5 Å². The number of nitrogens with one attached hydrogen (secondary N) is 1. The van der Waals surface area contributed by atoms with Gasteiger partial charge in [-0.2, -0.15) is 0 Å². The van der Waals surface area contributed by atoms with E-state index in [1.807, 2.05) is 20.8 Å². The highest BCUT2D eigenvalue weighted by Crippen LogP contribution is 2.22. The van der Waals surface area contributed by atoms with E-state index in [0.29, 0.717) is 19.8 Å². The van der Waals surface area contributed by atoms with Gasteiger partial charge in [-0.3, -0.25) is 4.79 Å². The van der Waals surface area contributed by atoms with Gasteiger partial charge in [0.2, 0.25) is 0 Å². The van der Waals surface area contributed by atoms with Crippen LogP contribution in [-0.2, 0) is 9.53 Å². The molecule has 1 fully saturated rings. The summed E-state index contributed by atoms with van der Waals surface area (Å²) in [6, 6.07) is -1.21. The molecule has 1 aliphatic heterocycles. The van der Waals surface area contributed by atoms with Crippen molar-refractivity contribution in [3.63, 3.8) is 0 Å². The van der Waals surface area contributed by atoms with Crippen LogP contribution < -0.4 is 5.32 Å². The fourth-order valence-corrected chi connectivity index (χ4v) is 2.05. The van der Waals surface area contributed by atoms with Crippen LogP contribution in [-0.4, -0.2) is 65.6 Å². The van der Waals surface area contributed by atoms with Crippen molar-refractivity contribution in [3.05, 3.63) is 0 Å². The SMILES string of the molecule is CC(C)(C)C(CC(=O)O)NC(=O)N1CCOCC1CO. The Kier molecular flexibility index (Phi) is 5.76. The van der Waals surface area contributed by atoms with Gasteiger partial charge in [0.15, 0.2) is 0 Å². The Labute approximate surface area is 118 Å². The monoisotopic (exact) mass is 288 g/mol. The second-order valence-corrected chi connectivity index (χ2v) is 6.07. The lowest BCUT2D eigenvalue weighted by Crippen LogP contribution is -2.57. The van der Waals surface area contributed by atoms with Crippen molar-refractivity contribution < 1.29 is 24.5 Å². The minimum atomic E-state index is -0.953. The summed E-state index contributed by atoms with van der Waals surface area (Å²) in [5.41, 5.74) is -0.366. The third-order valence-corrected chi connectivity index (χ3v) is 3.42. The van der Waals surface area contributed by atoms with E-state index in [4.69, 9.17) is 9.84 Å². The number of carboxylic acid groups (broad SMARTS) is 1. The van der Waals surface area contributed by atoms with Crippen LogP contribution in [0.5, 0.6) is 0 Å². The van der Waals surface area contributed by atoms with Gasteiger partial charge in [-0.05, 0) is 5.41 Å². The number of urea groups is 1. The second kappa shape index (κ2) is 6.90. The van der Waals surface area contributed by atoms with Crippen molar-refractivity contribution in [3.8, 4) is 0 Å². The van der Waals surface area contributed by atoms with E-state index < -0.39 is 12.0 Å². The van der Waals surface area contributed by atoms with Gasteiger partial charge in [0.05, 0.1) is 32.3 Å². The number of morpholine rings is 1. The van der Waals surface area contributed by atoms with Crippen LogP contribution in [0.15, 0.2) is 0 Å². The fourth-order valence-electron chi connectivity index (χ4n) is 2.05. The molecule has 7 heteroatoms. The molecule has 0 aliphatic carbocycles.